The first-order valence-corrected chi connectivity index (χ1v) is 10.1. The third-order valence-electron chi connectivity index (χ3n) is 3.90. The second-order valence-corrected chi connectivity index (χ2v) is 9.11. The van der Waals surface area contributed by atoms with Gasteiger partial charge < -0.3 is 0 Å². The van der Waals surface area contributed by atoms with E-state index in [1.807, 2.05) is 34.3 Å². The molecule has 0 N–H and O–H groups in total. The van der Waals surface area contributed by atoms with Gasteiger partial charge in [-0.25, -0.2) is 4.68 Å². The van der Waals surface area contributed by atoms with Gasteiger partial charge in [-0.15, -0.1) is 22.7 Å². The molecule has 7 heteroatoms. The van der Waals surface area contributed by atoms with Crippen molar-refractivity contribution in [2.24, 2.45) is 0 Å². The maximum atomic E-state index is 5.44. The molecule has 0 spiro atoms. The molecule has 3 nitrogen and oxygen atoms in total. The number of nitrogens with zero attached hydrogens (tertiary/aromatic N) is 3. The Balaban J connectivity index is 1.72. The van der Waals surface area contributed by atoms with E-state index in [0.29, 0.717) is 6.04 Å². The molecular formula is C15H15N3S4. The van der Waals surface area contributed by atoms with E-state index in [0.717, 1.165) is 28.6 Å². The molecular weight excluding hydrogens is 350 g/mol. The maximum absolute atomic E-state index is 5.44. The zero-order valence-corrected chi connectivity index (χ0v) is 15.3. The summed E-state index contributed by atoms with van der Waals surface area (Å²) in [5.74, 6) is 0. The van der Waals surface area contributed by atoms with Gasteiger partial charge in [-0.05, 0) is 54.0 Å². The number of aromatic nitrogens is 2. The fourth-order valence-corrected chi connectivity index (χ4v) is 5.81. The van der Waals surface area contributed by atoms with Crippen LogP contribution in [0.1, 0.15) is 26.4 Å². The largest absolute Gasteiger partial charge is 0.272 e. The first-order valence-electron chi connectivity index (χ1n) is 7.10. The highest BCUT2D eigenvalue weighted by atomic mass is 32.1. The Morgan fingerprint density at radius 2 is 2.23 bits per heavy atom. The van der Waals surface area contributed by atoms with Gasteiger partial charge in [-0.2, -0.15) is 5.10 Å². The zero-order chi connectivity index (χ0) is 15.1. The van der Waals surface area contributed by atoms with Crippen LogP contribution in [0.2, 0.25) is 0 Å². The van der Waals surface area contributed by atoms with Gasteiger partial charge in [-0.1, -0.05) is 17.4 Å². The van der Waals surface area contributed by atoms with Crippen LogP contribution in [0.25, 0.3) is 0 Å². The average molecular weight is 366 g/mol. The first-order chi connectivity index (χ1) is 10.7. The number of aryl methyl sites for hydroxylation is 1. The Bertz CT molecular complexity index is 827. The van der Waals surface area contributed by atoms with Crippen LogP contribution < -0.4 is 0 Å². The lowest BCUT2D eigenvalue weighted by Gasteiger charge is -2.35. The maximum Gasteiger partial charge on any atom is 0.180 e. The molecule has 0 amide bonds. The molecule has 0 saturated heterocycles. The number of rotatable bonds is 3. The van der Waals surface area contributed by atoms with Gasteiger partial charge in [-0.3, -0.25) is 4.90 Å². The van der Waals surface area contributed by atoms with E-state index in [1.54, 1.807) is 11.3 Å². The van der Waals surface area contributed by atoms with E-state index in [1.165, 1.54) is 15.3 Å². The molecule has 3 aromatic rings. The van der Waals surface area contributed by atoms with Gasteiger partial charge in [0.2, 0.25) is 0 Å². The SMILES string of the molecule is Cc1nn(CN2CCc3sccc3C2c2cccs2)c(=S)s1. The van der Waals surface area contributed by atoms with Crippen molar-refractivity contribution in [3.05, 3.63) is 53.2 Å². The minimum atomic E-state index is 0.332. The van der Waals surface area contributed by atoms with Crippen molar-refractivity contribution in [2.45, 2.75) is 26.1 Å². The predicted molar refractivity (Wildman–Crippen MR) is 96.6 cm³/mol. The van der Waals surface area contributed by atoms with Crippen LogP contribution >= 0.6 is 46.2 Å². The Morgan fingerprint density at radius 3 is 2.95 bits per heavy atom. The van der Waals surface area contributed by atoms with Crippen molar-refractivity contribution in [3.63, 3.8) is 0 Å². The molecule has 1 aliphatic heterocycles. The van der Waals surface area contributed by atoms with Crippen LogP contribution in [0.3, 0.4) is 0 Å². The van der Waals surface area contributed by atoms with Crippen molar-refractivity contribution in [2.75, 3.05) is 6.54 Å². The van der Waals surface area contributed by atoms with Crippen LogP contribution in [0.4, 0.5) is 0 Å². The summed E-state index contributed by atoms with van der Waals surface area (Å²) >= 11 is 10.7. The summed E-state index contributed by atoms with van der Waals surface area (Å²) in [4.78, 5) is 5.42. The summed E-state index contributed by atoms with van der Waals surface area (Å²) in [7, 11) is 0. The molecule has 22 heavy (non-hydrogen) atoms. The molecule has 1 unspecified atom stereocenters. The summed E-state index contributed by atoms with van der Waals surface area (Å²) in [5, 5.41) is 9.97. The average Bonchev–Trinajstić information content (AvgIpc) is 3.21. The first kappa shape index (κ1) is 14.7. The summed E-state index contributed by atoms with van der Waals surface area (Å²) in [5.41, 5.74) is 1.46. The van der Waals surface area contributed by atoms with Crippen LogP contribution in [0, 0.1) is 10.9 Å². The second kappa shape index (κ2) is 5.98. The topological polar surface area (TPSA) is 21.1 Å². The summed E-state index contributed by atoms with van der Waals surface area (Å²) in [6.45, 7) is 3.83. The van der Waals surface area contributed by atoms with E-state index in [2.05, 4.69) is 39.0 Å². The fourth-order valence-electron chi connectivity index (χ4n) is 2.97. The Kier molecular flexibility index (Phi) is 4.00. The summed E-state index contributed by atoms with van der Waals surface area (Å²) in [6.07, 6.45) is 1.12. The zero-order valence-electron chi connectivity index (χ0n) is 12.1. The minimum Gasteiger partial charge on any atom is -0.272 e. The molecule has 0 saturated carbocycles. The Labute approximate surface area is 146 Å². The molecule has 0 bridgehead atoms. The van der Waals surface area contributed by atoms with Gasteiger partial charge in [0.25, 0.3) is 0 Å². The highest BCUT2D eigenvalue weighted by Gasteiger charge is 2.30. The minimum absolute atomic E-state index is 0.332. The second-order valence-electron chi connectivity index (χ2n) is 5.31. The predicted octanol–water partition coefficient (Wildman–Crippen LogP) is 4.71. The lowest BCUT2D eigenvalue weighted by atomic mass is 9.99. The molecule has 0 aromatic carbocycles. The Morgan fingerprint density at radius 1 is 1.32 bits per heavy atom. The van der Waals surface area contributed by atoms with Gasteiger partial charge >= 0.3 is 0 Å². The number of hydrogen-bond acceptors (Lipinski definition) is 6. The van der Waals surface area contributed by atoms with Gasteiger partial charge in [0.05, 0.1) is 12.7 Å². The highest BCUT2D eigenvalue weighted by molar-refractivity contribution is 7.73. The van der Waals surface area contributed by atoms with Gasteiger partial charge in [0.1, 0.15) is 5.01 Å². The van der Waals surface area contributed by atoms with Crippen LogP contribution in [0.15, 0.2) is 29.0 Å². The molecule has 4 heterocycles. The number of fused-ring (bicyclic) bond motifs is 1. The Hall–Kier alpha value is -0.860. The summed E-state index contributed by atoms with van der Waals surface area (Å²) in [6, 6.07) is 6.99. The highest BCUT2D eigenvalue weighted by Crippen LogP contribution is 2.39. The lowest BCUT2D eigenvalue weighted by Crippen LogP contribution is -2.36. The summed E-state index contributed by atoms with van der Waals surface area (Å²) < 4.78 is 2.83. The lowest BCUT2D eigenvalue weighted by molar-refractivity contribution is 0.159. The fraction of sp³-hybridized carbons (Fsp3) is 0.333. The van der Waals surface area contributed by atoms with Crippen molar-refractivity contribution in [1.29, 1.82) is 0 Å². The molecule has 1 atom stereocenters. The van der Waals surface area contributed by atoms with Crippen LogP contribution in [-0.4, -0.2) is 21.2 Å². The van der Waals surface area contributed by atoms with E-state index in [-0.39, 0.29) is 0 Å². The van der Waals surface area contributed by atoms with Crippen LogP contribution in [0.5, 0.6) is 0 Å². The monoisotopic (exact) mass is 365 g/mol. The van der Waals surface area contributed by atoms with Crippen LogP contribution in [-0.2, 0) is 13.1 Å². The number of thiophene rings is 2. The molecule has 0 fully saturated rings. The van der Waals surface area contributed by atoms with Gasteiger partial charge in [0.15, 0.2) is 3.95 Å². The standard InChI is InChI=1S/C15H15N3S4/c1-10-16-18(15(19)22-10)9-17-6-4-12-11(5-8-21-12)14(17)13-3-2-7-20-13/h2-3,5,7-8,14H,4,6,9H2,1H3. The van der Waals surface area contributed by atoms with Crippen molar-refractivity contribution >= 4 is 46.2 Å². The molecule has 114 valence electrons. The van der Waals surface area contributed by atoms with E-state index < -0.39 is 0 Å². The van der Waals surface area contributed by atoms with E-state index >= 15 is 0 Å². The van der Waals surface area contributed by atoms with Gasteiger partial charge in [0, 0.05) is 16.3 Å². The third kappa shape index (κ3) is 2.61. The third-order valence-corrected chi connectivity index (χ3v) is 7.05. The van der Waals surface area contributed by atoms with Crippen molar-refractivity contribution in [3.8, 4) is 0 Å². The molecule has 4 rings (SSSR count). The number of hydrogen-bond donors (Lipinski definition) is 0. The smallest absolute Gasteiger partial charge is 0.180 e. The van der Waals surface area contributed by atoms with E-state index in [4.69, 9.17) is 12.2 Å². The molecule has 3 aromatic heterocycles. The molecule has 0 aliphatic carbocycles. The molecule has 1 aliphatic rings. The normalized spacial score (nSPS) is 18.5. The van der Waals surface area contributed by atoms with E-state index in [9.17, 15) is 0 Å². The quantitative estimate of drug-likeness (QED) is 0.627. The van der Waals surface area contributed by atoms with Crippen molar-refractivity contribution < 1.29 is 0 Å². The van der Waals surface area contributed by atoms with Crippen molar-refractivity contribution in [1.82, 2.24) is 14.7 Å². The molecule has 0 radical (unpaired) electrons.